The van der Waals surface area contributed by atoms with E-state index in [4.69, 9.17) is 9.84 Å². The molecule has 7 heteroatoms. The van der Waals surface area contributed by atoms with Gasteiger partial charge in [-0.05, 0) is 38.3 Å². The van der Waals surface area contributed by atoms with E-state index in [1.807, 2.05) is 36.7 Å². The molecule has 2 heterocycles. The van der Waals surface area contributed by atoms with Crippen LogP contribution in [0.1, 0.15) is 63.6 Å². The lowest BCUT2D eigenvalue weighted by molar-refractivity contribution is -0.139. The van der Waals surface area contributed by atoms with Gasteiger partial charge in [0.25, 0.3) is 0 Å². The molecule has 0 bridgehead atoms. The van der Waals surface area contributed by atoms with E-state index in [1.54, 1.807) is 11.8 Å². The van der Waals surface area contributed by atoms with Crippen LogP contribution in [-0.2, 0) is 9.53 Å². The molecule has 0 amide bonds. The minimum absolute atomic E-state index is 0.319. The zero-order valence-corrected chi connectivity index (χ0v) is 18.5. The first-order chi connectivity index (χ1) is 14.1. The average molecular weight is 415 g/mol. The molecule has 1 aliphatic heterocycles. The molecule has 1 aliphatic rings. The Hall–Kier alpha value is -2.28. The highest BCUT2D eigenvalue weighted by molar-refractivity contribution is 7.99. The Morgan fingerprint density at radius 3 is 2.72 bits per heavy atom. The standard InChI is InChI=1S/C22H30N4O2S/c1-5-7-8-11-14-29-22-24-21-23-16(4)18(20(27)28-6-2)19(26(21)25-22)17-13-10-9-12-15(17)3/h9-10,12-13,19H,5-8,11,14H2,1-4H3,(H,23,24,25)/t19-/m0/s1. The highest BCUT2D eigenvalue weighted by atomic mass is 32.2. The van der Waals surface area contributed by atoms with Crippen LogP contribution >= 0.6 is 11.8 Å². The smallest absolute Gasteiger partial charge is 0.338 e. The number of thioether (sulfide) groups is 1. The molecule has 1 atom stereocenters. The number of rotatable bonds is 9. The van der Waals surface area contributed by atoms with Crippen molar-refractivity contribution in [2.45, 2.75) is 64.6 Å². The first kappa shape index (κ1) is 21.4. The number of unbranched alkanes of at least 4 members (excludes halogenated alkanes) is 3. The molecule has 0 spiro atoms. The van der Waals surface area contributed by atoms with Crippen molar-refractivity contribution >= 4 is 23.7 Å². The monoisotopic (exact) mass is 414 g/mol. The highest BCUT2D eigenvalue weighted by Crippen LogP contribution is 2.37. The maximum atomic E-state index is 12.8. The lowest BCUT2D eigenvalue weighted by atomic mass is 9.93. The van der Waals surface area contributed by atoms with Gasteiger partial charge in [-0.15, -0.1) is 5.10 Å². The van der Waals surface area contributed by atoms with Crippen LogP contribution in [0.2, 0.25) is 0 Å². The van der Waals surface area contributed by atoms with Gasteiger partial charge < -0.3 is 10.1 Å². The third kappa shape index (κ3) is 4.83. The minimum Gasteiger partial charge on any atom is -0.463 e. The molecule has 0 aliphatic carbocycles. The van der Waals surface area contributed by atoms with Crippen LogP contribution in [0.25, 0.3) is 0 Å². The van der Waals surface area contributed by atoms with Crippen molar-refractivity contribution in [1.29, 1.82) is 0 Å². The number of anilines is 1. The van der Waals surface area contributed by atoms with Crippen LogP contribution in [0.4, 0.5) is 5.95 Å². The Bertz CT molecular complexity index is 891. The molecule has 3 rings (SSSR count). The van der Waals surface area contributed by atoms with Gasteiger partial charge in [0, 0.05) is 11.4 Å². The third-order valence-corrected chi connectivity index (χ3v) is 5.96. The summed E-state index contributed by atoms with van der Waals surface area (Å²) in [5, 5.41) is 8.75. The molecule has 1 aromatic carbocycles. The fourth-order valence-corrected chi connectivity index (χ4v) is 4.37. The predicted molar refractivity (Wildman–Crippen MR) is 117 cm³/mol. The summed E-state index contributed by atoms with van der Waals surface area (Å²) in [4.78, 5) is 17.5. The van der Waals surface area contributed by atoms with Crippen LogP contribution in [-0.4, -0.2) is 33.1 Å². The Morgan fingerprint density at radius 1 is 1.21 bits per heavy atom. The maximum Gasteiger partial charge on any atom is 0.338 e. The van der Waals surface area contributed by atoms with E-state index in [-0.39, 0.29) is 12.0 Å². The van der Waals surface area contributed by atoms with Gasteiger partial charge in [-0.25, -0.2) is 9.48 Å². The Labute approximate surface area is 177 Å². The first-order valence-corrected chi connectivity index (χ1v) is 11.3. The van der Waals surface area contributed by atoms with E-state index >= 15 is 0 Å². The van der Waals surface area contributed by atoms with Crippen molar-refractivity contribution in [1.82, 2.24) is 14.8 Å². The van der Waals surface area contributed by atoms with Crippen molar-refractivity contribution in [3.63, 3.8) is 0 Å². The minimum atomic E-state index is -0.353. The number of hydrogen-bond donors (Lipinski definition) is 1. The Balaban J connectivity index is 1.94. The summed E-state index contributed by atoms with van der Waals surface area (Å²) in [6, 6.07) is 7.73. The van der Waals surface area contributed by atoms with Gasteiger partial charge in [0.05, 0.1) is 12.2 Å². The van der Waals surface area contributed by atoms with E-state index in [1.165, 1.54) is 19.3 Å². The van der Waals surface area contributed by atoms with Gasteiger partial charge in [-0.3, -0.25) is 0 Å². The first-order valence-electron chi connectivity index (χ1n) is 10.4. The molecule has 0 unspecified atom stereocenters. The number of carbonyl (C=O) groups excluding carboxylic acids is 1. The zero-order chi connectivity index (χ0) is 20.8. The van der Waals surface area contributed by atoms with E-state index < -0.39 is 0 Å². The number of hydrogen-bond acceptors (Lipinski definition) is 6. The third-order valence-electron chi connectivity index (χ3n) is 5.04. The van der Waals surface area contributed by atoms with Crippen LogP contribution in [0.5, 0.6) is 0 Å². The van der Waals surface area contributed by atoms with Crippen molar-refractivity contribution < 1.29 is 9.53 Å². The number of aromatic nitrogens is 3. The molecule has 29 heavy (non-hydrogen) atoms. The van der Waals surface area contributed by atoms with Crippen LogP contribution in [0.15, 0.2) is 40.7 Å². The number of benzene rings is 1. The van der Waals surface area contributed by atoms with Crippen molar-refractivity contribution in [2.24, 2.45) is 0 Å². The van der Waals surface area contributed by atoms with Gasteiger partial charge in [-0.2, -0.15) is 4.98 Å². The number of nitrogens with zero attached hydrogens (tertiary/aromatic N) is 3. The van der Waals surface area contributed by atoms with Gasteiger partial charge in [0.1, 0.15) is 6.04 Å². The molecule has 6 nitrogen and oxygen atoms in total. The van der Waals surface area contributed by atoms with E-state index in [9.17, 15) is 4.79 Å². The molecule has 0 radical (unpaired) electrons. The molecular formula is C22H30N4O2S. The maximum absolute atomic E-state index is 12.8. The number of aryl methyl sites for hydroxylation is 1. The number of allylic oxidation sites excluding steroid dienone is 1. The summed E-state index contributed by atoms with van der Waals surface area (Å²) in [6.45, 7) is 8.31. The van der Waals surface area contributed by atoms with E-state index in [0.29, 0.717) is 18.1 Å². The van der Waals surface area contributed by atoms with Gasteiger partial charge in [0.15, 0.2) is 0 Å². The summed E-state index contributed by atoms with van der Waals surface area (Å²) in [7, 11) is 0. The molecule has 1 N–H and O–H groups in total. The molecule has 1 aromatic heterocycles. The molecule has 2 aromatic rings. The number of nitrogens with one attached hydrogen (secondary N) is 1. The number of fused-ring (bicyclic) bond motifs is 1. The molecule has 0 fully saturated rings. The van der Waals surface area contributed by atoms with Gasteiger partial charge >= 0.3 is 5.97 Å². The van der Waals surface area contributed by atoms with Crippen molar-refractivity contribution in [2.75, 3.05) is 17.7 Å². The molecule has 0 saturated heterocycles. The molecular weight excluding hydrogens is 384 g/mol. The van der Waals surface area contributed by atoms with Crippen molar-refractivity contribution in [3.05, 3.63) is 46.7 Å². The van der Waals surface area contributed by atoms with E-state index in [2.05, 4.69) is 30.2 Å². The topological polar surface area (TPSA) is 69.0 Å². The second kappa shape index (κ2) is 9.96. The fraction of sp³-hybridized carbons (Fsp3) is 0.500. The molecule has 0 saturated carbocycles. The summed E-state index contributed by atoms with van der Waals surface area (Å²) >= 11 is 1.67. The average Bonchev–Trinajstić information content (AvgIpc) is 3.09. The Morgan fingerprint density at radius 2 is 2.00 bits per heavy atom. The zero-order valence-electron chi connectivity index (χ0n) is 17.7. The second-order valence-corrected chi connectivity index (χ2v) is 8.28. The van der Waals surface area contributed by atoms with E-state index in [0.717, 1.165) is 34.2 Å². The number of ether oxygens (including phenoxy) is 1. The Kier molecular flexibility index (Phi) is 7.36. The number of esters is 1. The van der Waals surface area contributed by atoms with Crippen molar-refractivity contribution in [3.8, 4) is 0 Å². The lowest BCUT2D eigenvalue weighted by Gasteiger charge is -2.28. The normalized spacial score (nSPS) is 15.8. The largest absolute Gasteiger partial charge is 0.463 e. The second-order valence-electron chi connectivity index (χ2n) is 7.21. The van der Waals surface area contributed by atoms with Crippen LogP contribution in [0.3, 0.4) is 0 Å². The summed E-state index contributed by atoms with van der Waals surface area (Å²) < 4.78 is 7.19. The summed E-state index contributed by atoms with van der Waals surface area (Å²) in [6.07, 6.45) is 4.87. The van der Waals surface area contributed by atoms with Gasteiger partial charge in [0.2, 0.25) is 11.1 Å². The van der Waals surface area contributed by atoms with Crippen LogP contribution < -0.4 is 5.32 Å². The number of carbonyl (C=O) groups is 1. The summed E-state index contributed by atoms with van der Waals surface area (Å²) in [5.74, 6) is 1.34. The fourth-order valence-electron chi connectivity index (χ4n) is 3.54. The predicted octanol–water partition coefficient (Wildman–Crippen LogP) is 5.11. The van der Waals surface area contributed by atoms with Crippen LogP contribution in [0, 0.1) is 6.92 Å². The highest BCUT2D eigenvalue weighted by Gasteiger charge is 2.35. The molecule has 156 valence electrons. The summed E-state index contributed by atoms with van der Waals surface area (Å²) in [5.41, 5.74) is 3.47. The van der Waals surface area contributed by atoms with Gasteiger partial charge in [-0.1, -0.05) is 62.2 Å². The SMILES string of the molecule is CCCCCCSc1nc2n(n1)[C@@H](c1ccccc1C)C(C(=O)OCC)=C(C)N2. The quantitative estimate of drug-likeness (QED) is 0.349. The lowest BCUT2D eigenvalue weighted by Crippen LogP contribution is -2.30.